The standard InChI is InChI=1S/C12H11N3O2/c1-8(16)9-2-4-11(5-3-9)15-7-10(6-13)14-12(15)17/h2-5,10H,7H2,1H3,(H,14,17). The molecule has 1 fully saturated rings. The van der Waals surface area contributed by atoms with Crippen LogP contribution < -0.4 is 10.2 Å². The highest BCUT2D eigenvalue weighted by molar-refractivity contribution is 5.97. The first kappa shape index (κ1) is 11.1. The van der Waals surface area contributed by atoms with Crippen LogP contribution in [0.5, 0.6) is 0 Å². The molecule has 0 aliphatic carbocycles. The number of carbonyl (C=O) groups excluding carboxylic acids is 2. The van der Waals surface area contributed by atoms with Gasteiger partial charge < -0.3 is 5.32 Å². The van der Waals surface area contributed by atoms with Gasteiger partial charge in [-0.15, -0.1) is 0 Å². The third kappa shape index (κ3) is 2.11. The van der Waals surface area contributed by atoms with E-state index < -0.39 is 6.04 Å². The van der Waals surface area contributed by atoms with Gasteiger partial charge in [-0.05, 0) is 31.2 Å². The molecule has 1 heterocycles. The molecule has 5 heteroatoms. The Balaban J connectivity index is 2.21. The minimum absolute atomic E-state index is 0.0164. The fourth-order valence-corrected chi connectivity index (χ4v) is 1.71. The zero-order valence-corrected chi connectivity index (χ0v) is 9.30. The first-order valence-corrected chi connectivity index (χ1v) is 5.20. The summed E-state index contributed by atoms with van der Waals surface area (Å²) in [6, 6.07) is 7.99. The number of carbonyl (C=O) groups is 2. The van der Waals surface area contributed by atoms with E-state index in [2.05, 4.69) is 5.32 Å². The van der Waals surface area contributed by atoms with E-state index in [1.165, 1.54) is 11.8 Å². The number of anilines is 1. The Morgan fingerprint density at radius 1 is 1.47 bits per heavy atom. The molecular formula is C12H11N3O2. The van der Waals surface area contributed by atoms with E-state index in [9.17, 15) is 9.59 Å². The second kappa shape index (κ2) is 4.26. The maximum absolute atomic E-state index is 11.6. The highest BCUT2D eigenvalue weighted by atomic mass is 16.2. The fraction of sp³-hybridized carbons (Fsp3) is 0.250. The minimum atomic E-state index is -0.477. The molecule has 1 N–H and O–H groups in total. The lowest BCUT2D eigenvalue weighted by atomic mass is 10.1. The van der Waals surface area contributed by atoms with Crippen molar-refractivity contribution >= 4 is 17.5 Å². The quantitative estimate of drug-likeness (QED) is 0.777. The molecule has 2 amide bonds. The van der Waals surface area contributed by atoms with Crippen LogP contribution in [-0.4, -0.2) is 24.4 Å². The fourth-order valence-electron chi connectivity index (χ4n) is 1.71. The molecule has 0 bridgehead atoms. The van der Waals surface area contributed by atoms with E-state index >= 15 is 0 Å². The minimum Gasteiger partial charge on any atom is -0.320 e. The van der Waals surface area contributed by atoms with Crippen molar-refractivity contribution in [2.24, 2.45) is 0 Å². The number of nitrogens with zero attached hydrogens (tertiary/aromatic N) is 2. The van der Waals surface area contributed by atoms with Gasteiger partial charge >= 0.3 is 6.03 Å². The number of nitrogens with one attached hydrogen (secondary N) is 1. The van der Waals surface area contributed by atoms with Crippen molar-refractivity contribution in [2.45, 2.75) is 13.0 Å². The maximum atomic E-state index is 11.6. The van der Waals surface area contributed by atoms with E-state index in [-0.39, 0.29) is 11.8 Å². The van der Waals surface area contributed by atoms with Gasteiger partial charge in [-0.3, -0.25) is 9.69 Å². The lowest BCUT2D eigenvalue weighted by Gasteiger charge is -2.14. The van der Waals surface area contributed by atoms with E-state index in [4.69, 9.17) is 5.26 Å². The maximum Gasteiger partial charge on any atom is 0.323 e. The van der Waals surface area contributed by atoms with Gasteiger partial charge in [0.1, 0.15) is 6.04 Å². The van der Waals surface area contributed by atoms with Crippen LogP contribution in [0.4, 0.5) is 10.5 Å². The summed E-state index contributed by atoms with van der Waals surface area (Å²) in [5.41, 5.74) is 1.29. The average molecular weight is 229 g/mol. The van der Waals surface area contributed by atoms with Gasteiger partial charge in [-0.25, -0.2) is 4.79 Å². The lowest BCUT2D eigenvalue weighted by Crippen LogP contribution is -2.28. The van der Waals surface area contributed by atoms with Gasteiger partial charge in [0.2, 0.25) is 0 Å². The SMILES string of the molecule is CC(=O)c1ccc(N2CC(C#N)NC2=O)cc1. The number of hydrogen-bond acceptors (Lipinski definition) is 3. The zero-order chi connectivity index (χ0) is 12.4. The Morgan fingerprint density at radius 2 is 2.12 bits per heavy atom. The summed E-state index contributed by atoms with van der Waals surface area (Å²) < 4.78 is 0. The number of benzene rings is 1. The largest absolute Gasteiger partial charge is 0.323 e. The molecule has 2 rings (SSSR count). The summed E-state index contributed by atoms with van der Waals surface area (Å²) in [6.45, 7) is 1.82. The van der Waals surface area contributed by atoms with Crippen LogP contribution in [0.3, 0.4) is 0 Å². The molecule has 1 aromatic rings. The molecule has 1 aromatic carbocycles. The molecular weight excluding hydrogens is 218 g/mol. The Morgan fingerprint density at radius 3 is 2.59 bits per heavy atom. The molecule has 1 unspecified atom stereocenters. The summed E-state index contributed by atoms with van der Waals surface area (Å²) >= 11 is 0. The number of amides is 2. The van der Waals surface area contributed by atoms with Gasteiger partial charge in [-0.1, -0.05) is 0 Å². The molecule has 0 radical (unpaired) electrons. The number of urea groups is 1. The van der Waals surface area contributed by atoms with Crippen LogP contribution in [0.25, 0.3) is 0 Å². The van der Waals surface area contributed by atoms with Gasteiger partial charge in [0.05, 0.1) is 12.6 Å². The van der Waals surface area contributed by atoms with Crippen molar-refractivity contribution in [2.75, 3.05) is 11.4 Å². The first-order valence-electron chi connectivity index (χ1n) is 5.20. The third-order valence-corrected chi connectivity index (χ3v) is 2.65. The monoisotopic (exact) mass is 229 g/mol. The first-order chi connectivity index (χ1) is 8.11. The molecule has 1 saturated heterocycles. The molecule has 1 aliphatic rings. The summed E-state index contributed by atoms with van der Waals surface area (Å²) in [6.07, 6.45) is 0. The van der Waals surface area contributed by atoms with Crippen LogP contribution in [0.1, 0.15) is 17.3 Å². The Labute approximate surface area is 98.6 Å². The van der Waals surface area contributed by atoms with Crippen LogP contribution in [0.15, 0.2) is 24.3 Å². The van der Waals surface area contributed by atoms with Crippen molar-refractivity contribution in [1.82, 2.24) is 5.32 Å². The lowest BCUT2D eigenvalue weighted by molar-refractivity contribution is 0.101. The smallest absolute Gasteiger partial charge is 0.320 e. The summed E-state index contributed by atoms with van der Waals surface area (Å²) in [4.78, 5) is 24.1. The van der Waals surface area contributed by atoms with Gasteiger partial charge in [0.15, 0.2) is 5.78 Å². The Bertz CT molecular complexity index is 501. The van der Waals surface area contributed by atoms with E-state index in [1.54, 1.807) is 24.3 Å². The number of hydrogen-bond donors (Lipinski definition) is 1. The molecule has 17 heavy (non-hydrogen) atoms. The highest BCUT2D eigenvalue weighted by Crippen LogP contribution is 2.19. The third-order valence-electron chi connectivity index (χ3n) is 2.65. The van der Waals surface area contributed by atoms with E-state index in [0.717, 1.165) is 0 Å². The molecule has 0 spiro atoms. The van der Waals surface area contributed by atoms with Crippen LogP contribution in [0.2, 0.25) is 0 Å². The highest BCUT2D eigenvalue weighted by Gasteiger charge is 2.29. The molecule has 86 valence electrons. The van der Waals surface area contributed by atoms with Gasteiger partial charge in [-0.2, -0.15) is 5.26 Å². The summed E-state index contributed by atoms with van der Waals surface area (Å²) in [5.74, 6) is -0.0164. The molecule has 1 atom stereocenters. The predicted octanol–water partition coefficient (Wildman–Crippen LogP) is 1.31. The van der Waals surface area contributed by atoms with Crippen LogP contribution in [-0.2, 0) is 0 Å². The van der Waals surface area contributed by atoms with Gasteiger partial charge in [0, 0.05) is 11.3 Å². The van der Waals surface area contributed by atoms with Crippen molar-refractivity contribution in [1.29, 1.82) is 5.26 Å². The molecule has 0 saturated carbocycles. The number of ketones is 1. The number of Topliss-reactive ketones (excluding diaryl/α,β-unsaturated/α-hetero) is 1. The van der Waals surface area contributed by atoms with Crippen molar-refractivity contribution in [3.8, 4) is 6.07 Å². The summed E-state index contributed by atoms with van der Waals surface area (Å²) in [7, 11) is 0. The van der Waals surface area contributed by atoms with Gasteiger partial charge in [0.25, 0.3) is 0 Å². The second-order valence-electron chi connectivity index (χ2n) is 3.84. The molecule has 0 aromatic heterocycles. The second-order valence-corrected chi connectivity index (χ2v) is 3.84. The van der Waals surface area contributed by atoms with E-state index in [0.29, 0.717) is 17.8 Å². The number of rotatable bonds is 2. The van der Waals surface area contributed by atoms with Crippen LogP contribution >= 0.6 is 0 Å². The van der Waals surface area contributed by atoms with Crippen molar-refractivity contribution in [3.63, 3.8) is 0 Å². The van der Waals surface area contributed by atoms with Crippen molar-refractivity contribution in [3.05, 3.63) is 29.8 Å². The molecule has 1 aliphatic heterocycles. The Hall–Kier alpha value is -2.35. The van der Waals surface area contributed by atoms with Crippen molar-refractivity contribution < 1.29 is 9.59 Å². The normalized spacial score (nSPS) is 18.7. The predicted molar refractivity (Wildman–Crippen MR) is 61.7 cm³/mol. The average Bonchev–Trinajstić information content (AvgIpc) is 2.71. The number of nitriles is 1. The molecule has 5 nitrogen and oxygen atoms in total. The van der Waals surface area contributed by atoms with Crippen LogP contribution in [0, 0.1) is 11.3 Å². The topological polar surface area (TPSA) is 73.2 Å². The zero-order valence-electron chi connectivity index (χ0n) is 9.30. The Kier molecular flexibility index (Phi) is 2.79. The summed E-state index contributed by atoms with van der Waals surface area (Å²) in [5, 5.41) is 11.3. The van der Waals surface area contributed by atoms with E-state index in [1.807, 2.05) is 6.07 Å².